The van der Waals surface area contributed by atoms with Crippen molar-refractivity contribution in [3.63, 3.8) is 0 Å². The number of rotatable bonds is 6. The average molecular weight is 245 g/mol. The van der Waals surface area contributed by atoms with E-state index in [-0.39, 0.29) is 29.6 Å². The van der Waals surface area contributed by atoms with Crippen molar-refractivity contribution in [2.75, 3.05) is 14.2 Å². The van der Waals surface area contributed by atoms with Gasteiger partial charge in [-0.25, -0.2) is 0 Å². The molecule has 0 heterocycles. The summed E-state index contributed by atoms with van der Waals surface area (Å²) in [5, 5.41) is 0.597. The standard InChI is InChI=1S/C8H18O3SSi.Na/c1-5-6-7-8(12)11-13(4,9-2)10-3;/h5-7H2,1-4H3;. The van der Waals surface area contributed by atoms with Crippen LogP contribution < -0.4 is 0 Å². The van der Waals surface area contributed by atoms with Gasteiger partial charge in [0, 0.05) is 56.7 Å². The molecule has 0 aliphatic carbocycles. The molecule has 14 heavy (non-hydrogen) atoms. The molecular formula is C8H18NaO3SSi. The van der Waals surface area contributed by atoms with Crippen LogP contribution in [-0.4, -0.2) is 57.6 Å². The Morgan fingerprint density at radius 2 is 1.79 bits per heavy atom. The molecule has 0 aromatic heterocycles. The Bertz CT molecular complexity index is 165. The minimum atomic E-state index is -2.45. The van der Waals surface area contributed by atoms with Crippen molar-refractivity contribution >= 4 is 55.6 Å². The van der Waals surface area contributed by atoms with Crippen LogP contribution in [0.15, 0.2) is 0 Å². The van der Waals surface area contributed by atoms with Gasteiger partial charge in [0.25, 0.3) is 0 Å². The Balaban J connectivity index is 0. The van der Waals surface area contributed by atoms with E-state index in [1.165, 1.54) is 0 Å². The van der Waals surface area contributed by atoms with E-state index in [1.807, 2.05) is 6.55 Å². The first-order valence-corrected chi connectivity index (χ1v) is 7.03. The summed E-state index contributed by atoms with van der Waals surface area (Å²) in [4.78, 5) is 0. The molecule has 3 nitrogen and oxygen atoms in total. The van der Waals surface area contributed by atoms with Crippen molar-refractivity contribution in [2.24, 2.45) is 0 Å². The third kappa shape index (κ3) is 7.34. The summed E-state index contributed by atoms with van der Waals surface area (Å²) >= 11 is 5.05. The molecule has 0 aromatic rings. The molecule has 6 heteroatoms. The summed E-state index contributed by atoms with van der Waals surface area (Å²) in [7, 11) is 0.711. The number of thiocarbonyl (C=S) groups is 1. The summed E-state index contributed by atoms with van der Waals surface area (Å²) in [6.45, 7) is 3.94. The fraction of sp³-hybridized carbons (Fsp3) is 0.875. The molecule has 0 aromatic carbocycles. The van der Waals surface area contributed by atoms with Crippen LogP contribution in [0.2, 0.25) is 6.55 Å². The van der Waals surface area contributed by atoms with Crippen molar-refractivity contribution < 1.29 is 13.3 Å². The van der Waals surface area contributed by atoms with Gasteiger partial charge in [0.05, 0.1) is 0 Å². The van der Waals surface area contributed by atoms with Crippen LogP contribution in [0.4, 0.5) is 0 Å². The maximum atomic E-state index is 5.46. The molecule has 0 atom stereocenters. The quantitative estimate of drug-likeness (QED) is 0.528. The molecule has 0 aliphatic heterocycles. The number of unbranched alkanes of at least 4 members (excludes halogenated alkanes) is 1. The molecule has 0 aliphatic rings. The van der Waals surface area contributed by atoms with Crippen molar-refractivity contribution in [1.29, 1.82) is 0 Å². The van der Waals surface area contributed by atoms with Crippen molar-refractivity contribution in [3.8, 4) is 0 Å². The minimum absolute atomic E-state index is 0. The van der Waals surface area contributed by atoms with Crippen LogP contribution in [0.3, 0.4) is 0 Å². The van der Waals surface area contributed by atoms with Gasteiger partial charge in [-0.3, -0.25) is 0 Å². The Morgan fingerprint density at radius 1 is 1.29 bits per heavy atom. The van der Waals surface area contributed by atoms with Crippen molar-refractivity contribution in [2.45, 2.75) is 32.7 Å². The normalized spacial score (nSPS) is 10.6. The zero-order valence-electron chi connectivity index (χ0n) is 9.75. The third-order valence-electron chi connectivity index (χ3n) is 1.78. The van der Waals surface area contributed by atoms with E-state index in [2.05, 4.69) is 6.92 Å². The summed E-state index contributed by atoms with van der Waals surface area (Å²) in [5.41, 5.74) is 0. The van der Waals surface area contributed by atoms with E-state index in [0.29, 0.717) is 5.05 Å². The Labute approximate surface area is 115 Å². The van der Waals surface area contributed by atoms with Crippen LogP contribution in [0.1, 0.15) is 26.2 Å². The molecule has 0 amide bonds. The van der Waals surface area contributed by atoms with E-state index in [0.717, 1.165) is 19.3 Å². The first-order chi connectivity index (χ1) is 6.08. The van der Waals surface area contributed by atoms with E-state index < -0.39 is 8.80 Å². The molecule has 0 rings (SSSR count). The number of hydrogen-bond donors (Lipinski definition) is 0. The monoisotopic (exact) mass is 245 g/mol. The maximum Gasteiger partial charge on any atom is 0.562 e. The second-order valence-corrected chi connectivity index (χ2v) is 6.05. The molecule has 0 fully saturated rings. The fourth-order valence-electron chi connectivity index (χ4n) is 0.746. The number of hydrogen-bond acceptors (Lipinski definition) is 4. The van der Waals surface area contributed by atoms with Crippen LogP contribution in [0.5, 0.6) is 0 Å². The molecule has 0 spiro atoms. The van der Waals surface area contributed by atoms with Gasteiger partial charge in [0.15, 0.2) is 0 Å². The predicted octanol–water partition coefficient (Wildman–Crippen LogP) is 2.00. The average Bonchev–Trinajstić information content (AvgIpc) is 2.14. The van der Waals surface area contributed by atoms with Gasteiger partial charge < -0.3 is 13.3 Å². The molecule has 0 unspecified atom stereocenters. The minimum Gasteiger partial charge on any atom is -0.495 e. The van der Waals surface area contributed by atoms with E-state index in [1.54, 1.807) is 14.2 Å². The fourth-order valence-corrected chi connectivity index (χ4v) is 2.19. The van der Waals surface area contributed by atoms with Gasteiger partial charge in [0.2, 0.25) is 0 Å². The van der Waals surface area contributed by atoms with Crippen molar-refractivity contribution in [1.82, 2.24) is 0 Å². The van der Waals surface area contributed by atoms with Crippen LogP contribution in [0.25, 0.3) is 0 Å². The smallest absolute Gasteiger partial charge is 0.495 e. The Morgan fingerprint density at radius 3 is 2.14 bits per heavy atom. The Hall–Kier alpha value is 1.03. The zero-order chi connectivity index (χ0) is 10.3. The van der Waals surface area contributed by atoms with Crippen LogP contribution in [0, 0.1) is 0 Å². The van der Waals surface area contributed by atoms with E-state index in [9.17, 15) is 0 Å². The second-order valence-electron chi connectivity index (χ2n) is 2.85. The van der Waals surface area contributed by atoms with Gasteiger partial charge in [0.1, 0.15) is 5.05 Å². The predicted molar refractivity (Wildman–Crippen MR) is 64.6 cm³/mol. The van der Waals surface area contributed by atoms with Gasteiger partial charge in [-0.05, 0) is 18.6 Å². The SMILES string of the molecule is CCCCC(=S)O[Si](C)(OC)OC.[Na]. The molecular weight excluding hydrogens is 227 g/mol. The van der Waals surface area contributed by atoms with Gasteiger partial charge >= 0.3 is 8.80 Å². The molecule has 0 saturated carbocycles. The first-order valence-electron chi connectivity index (χ1n) is 4.40. The van der Waals surface area contributed by atoms with Gasteiger partial charge in [-0.15, -0.1) is 0 Å². The van der Waals surface area contributed by atoms with Crippen LogP contribution in [-0.2, 0) is 13.3 Å². The molecule has 0 bridgehead atoms. The van der Waals surface area contributed by atoms with E-state index >= 15 is 0 Å². The maximum absolute atomic E-state index is 5.46. The third-order valence-corrected chi connectivity index (χ3v) is 4.31. The van der Waals surface area contributed by atoms with Gasteiger partial charge in [-0.1, -0.05) is 13.3 Å². The molecule has 79 valence electrons. The molecule has 0 N–H and O–H groups in total. The van der Waals surface area contributed by atoms with Crippen molar-refractivity contribution in [3.05, 3.63) is 0 Å². The molecule has 0 saturated heterocycles. The topological polar surface area (TPSA) is 27.7 Å². The largest absolute Gasteiger partial charge is 0.562 e. The first kappa shape index (κ1) is 17.4. The van der Waals surface area contributed by atoms with E-state index in [4.69, 9.17) is 25.5 Å². The Kier molecular flexibility index (Phi) is 11.5. The summed E-state index contributed by atoms with van der Waals surface area (Å²) in [6.07, 6.45) is 2.97. The summed E-state index contributed by atoms with van der Waals surface area (Å²) < 4.78 is 15.8. The zero-order valence-corrected chi connectivity index (χ0v) is 13.6. The van der Waals surface area contributed by atoms with Gasteiger partial charge in [-0.2, -0.15) is 0 Å². The van der Waals surface area contributed by atoms with Crippen LogP contribution >= 0.6 is 12.2 Å². The second kappa shape index (κ2) is 9.27. The summed E-state index contributed by atoms with van der Waals surface area (Å²) in [6, 6.07) is 0. The molecule has 1 radical (unpaired) electrons. The summed E-state index contributed by atoms with van der Waals surface area (Å²) in [5.74, 6) is 0.